The van der Waals surface area contributed by atoms with Crippen LogP contribution in [0.25, 0.3) is 0 Å². The van der Waals surface area contributed by atoms with Gasteiger partial charge in [-0.15, -0.1) is 24.0 Å². The van der Waals surface area contributed by atoms with E-state index in [-0.39, 0.29) is 42.4 Å². The Morgan fingerprint density at radius 1 is 1.25 bits per heavy atom. The summed E-state index contributed by atoms with van der Waals surface area (Å²) in [4.78, 5) is 6.88. The normalized spacial score (nSPS) is 15.4. The fourth-order valence-corrected chi connectivity index (χ4v) is 3.34. The molecule has 0 saturated carbocycles. The molecule has 1 aromatic carbocycles. The van der Waals surface area contributed by atoms with Crippen LogP contribution in [-0.4, -0.2) is 68.0 Å². The summed E-state index contributed by atoms with van der Waals surface area (Å²) in [5.41, 5.74) is 0.563. The number of hydrogen-bond acceptors (Lipinski definition) is 5. The number of rotatable bonds is 12. The molecule has 1 heterocycles. The lowest BCUT2D eigenvalue weighted by molar-refractivity contribution is -0.0505. The van der Waals surface area contributed by atoms with Crippen LogP contribution in [0, 0.1) is 0 Å². The van der Waals surface area contributed by atoms with Crippen molar-refractivity contribution in [1.82, 2.24) is 15.5 Å². The molecule has 1 fully saturated rings. The number of piperidine rings is 1. The molecule has 184 valence electrons. The SMILES string of the molecule is CCCOc1ccc(CN=C(NCC)NCCCN2CCC(O)CC2)c(OC(F)F)c1.I. The molecular weight excluding hydrogens is 533 g/mol. The molecule has 7 nitrogen and oxygen atoms in total. The zero-order chi connectivity index (χ0) is 22.5. The number of nitrogens with zero attached hydrogens (tertiary/aromatic N) is 2. The van der Waals surface area contributed by atoms with Crippen LogP contribution in [0.3, 0.4) is 0 Å². The number of nitrogens with one attached hydrogen (secondary N) is 2. The van der Waals surface area contributed by atoms with Crippen LogP contribution >= 0.6 is 24.0 Å². The Hall–Kier alpha value is -1.40. The molecule has 0 unspecified atom stereocenters. The zero-order valence-corrected chi connectivity index (χ0v) is 21.3. The maximum absolute atomic E-state index is 12.8. The molecule has 0 aliphatic carbocycles. The van der Waals surface area contributed by atoms with Gasteiger partial charge in [0.1, 0.15) is 11.5 Å². The number of aliphatic imine (C=N–C) groups is 1. The zero-order valence-electron chi connectivity index (χ0n) is 19.0. The molecule has 0 atom stereocenters. The van der Waals surface area contributed by atoms with Gasteiger partial charge >= 0.3 is 6.61 Å². The molecule has 0 bridgehead atoms. The lowest BCUT2D eigenvalue weighted by Crippen LogP contribution is -2.40. The molecule has 0 amide bonds. The minimum Gasteiger partial charge on any atom is -0.493 e. The highest BCUT2D eigenvalue weighted by Crippen LogP contribution is 2.27. The summed E-state index contributed by atoms with van der Waals surface area (Å²) in [6.07, 6.45) is 3.29. The Morgan fingerprint density at radius 3 is 2.66 bits per heavy atom. The number of aliphatic hydroxyl groups excluding tert-OH is 1. The number of benzene rings is 1. The van der Waals surface area contributed by atoms with Gasteiger partial charge in [-0.25, -0.2) is 4.99 Å². The van der Waals surface area contributed by atoms with E-state index in [4.69, 9.17) is 4.74 Å². The van der Waals surface area contributed by atoms with E-state index in [1.54, 1.807) is 12.1 Å². The summed E-state index contributed by atoms with van der Waals surface area (Å²) < 4.78 is 35.9. The Labute approximate surface area is 207 Å². The van der Waals surface area contributed by atoms with Crippen molar-refractivity contribution in [3.05, 3.63) is 23.8 Å². The molecular formula is C22H37F2IN4O3. The third kappa shape index (κ3) is 11.0. The summed E-state index contributed by atoms with van der Waals surface area (Å²) >= 11 is 0. The molecule has 1 aliphatic rings. The third-order valence-electron chi connectivity index (χ3n) is 4.98. The summed E-state index contributed by atoms with van der Waals surface area (Å²) in [7, 11) is 0. The molecule has 32 heavy (non-hydrogen) atoms. The molecule has 0 radical (unpaired) electrons. The minimum absolute atomic E-state index is 0. The number of hydrogen-bond donors (Lipinski definition) is 3. The maximum Gasteiger partial charge on any atom is 0.387 e. The second kappa shape index (κ2) is 16.2. The van der Waals surface area contributed by atoms with Crippen molar-refractivity contribution in [2.75, 3.05) is 39.3 Å². The van der Waals surface area contributed by atoms with Gasteiger partial charge in [0.2, 0.25) is 0 Å². The molecule has 10 heteroatoms. The van der Waals surface area contributed by atoms with E-state index < -0.39 is 6.61 Å². The monoisotopic (exact) mass is 570 g/mol. The Morgan fingerprint density at radius 2 is 2.00 bits per heavy atom. The Balaban J connectivity index is 0.00000512. The quantitative estimate of drug-likeness (QED) is 0.154. The van der Waals surface area contributed by atoms with E-state index in [1.807, 2.05) is 13.8 Å². The van der Waals surface area contributed by atoms with Crippen molar-refractivity contribution in [3.8, 4) is 11.5 Å². The van der Waals surface area contributed by atoms with Crippen LogP contribution in [0.15, 0.2) is 23.2 Å². The largest absolute Gasteiger partial charge is 0.493 e. The van der Waals surface area contributed by atoms with Gasteiger partial charge in [0.15, 0.2) is 5.96 Å². The van der Waals surface area contributed by atoms with Gasteiger partial charge in [-0.1, -0.05) is 6.92 Å². The number of likely N-dealkylation sites (tertiary alicyclic amines) is 1. The second-order valence-corrected chi connectivity index (χ2v) is 7.54. The highest BCUT2D eigenvalue weighted by molar-refractivity contribution is 14.0. The van der Waals surface area contributed by atoms with E-state index in [9.17, 15) is 13.9 Å². The third-order valence-corrected chi connectivity index (χ3v) is 4.98. The fraction of sp³-hybridized carbons (Fsp3) is 0.682. The minimum atomic E-state index is -2.91. The molecule has 0 aromatic heterocycles. The predicted molar refractivity (Wildman–Crippen MR) is 133 cm³/mol. The average Bonchev–Trinajstić information content (AvgIpc) is 2.75. The van der Waals surface area contributed by atoms with Crippen molar-refractivity contribution in [2.24, 2.45) is 4.99 Å². The molecule has 1 saturated heterocycles. The molecule has 0 spiro atoms. The van der Waals surface area contributed by atoms with E-state index >= 15 is 0 Å². The summed E-state index contributed by atoms with van der Waals surface area (Å²) in [5.74, 6) is 1.21. The van der Waals surface area contributed by atoms with E-state index in [0.717, 1.165) is 51.9 Å². The molecule has 1 aromatic rings. The van der Waals surface area contributed by atoms with Crippen molar-refractivity contribution < 1.29 is 23.4 Å². The van der Waals surface area contributed by atoms with Crippen LogP contribution in [0.1, 0.15) is 45.1 Å². The van der Waals surface area contributed by atoms with Gasteiger partial charge in [0, 0.05) is 37.8 Å². The number of halogens is 3. The first-order valence-electron chi connectivity index (χ1n) is 11.1. The first-order valence-corrected chi connectivity index (χ1v) is 11.1. The Kier molecular flexibility index (Phi) is 14.5. The van der Waals surface area contributed by atoms with E-state index in [0.29, 0.717) is 30.4 Å². The van der Waals surface area contributed by atoms with Gasteiger partial charge in [0.25, 0.3) is 0 Å². The van der Waals surface area contributed by atoms with Gasteiger partial charge in [-0.3, -0.25) is 0 Å². The van der Waals surface area contributed by atoms with Gasteiger partial charge < -0.3 is 30.1 Å². The van der Waals surface area contributed by atoms with Crippen molar-refractivity contribution in [1.29, 1.82) is 0 Å². The van der Waals surface area contributed by atoms with Crippen LogP contribution in [0.2, 0.25) is 0 Å². The first-order chi connectivity index (χ1) is 15.0. The molecule has 2 rings (SSSR count). The number of ether oxygens (including phenoxy) is 2. The molecule has 1 aliphatic heterocycles. The highest BCUT2D eigenvalue weighted by atomic mass is 127. The maximum atomic E-state index is 12.8. The van der Waals surface area contributed by atoms with E-state index in [1.165, 1.54) is 6.07 Å². The van der Waals surface area contributed by atoms with Crippen LogP contribution < -0.4 is 20.1 Å². The average molecular weight is 570 g/mol. The van der Waals surface area contributed by atoms with Crippen LogP contribution in [0.4, 0.5) is 8.78 Å². The first kappa shape index (κ1) is 28.6. The fourth-order valence-electron chi connectivity index (χ4n) is 3.34. The van der Waals surface area contributed by atoms with Crippen molar-refractivity contribution >= 4 is 29.9 Å². The number of guanidine groups is 1. The van der Waals surface area contributed by atoms with Crippen LogP contribution in [-0.2, 0) is 6.54 Å². The lowest BCUT2D eigenvalue weighted by Gasteiger charge is -2.29. The van der Waals surface area contributed by atoms with Gasteiger partial charge in [-0.2, -0.15) is 8.78 Å². The van der Waals surface area contributed by atoms with Crippen molar-refractivity contribution in [3.63, 3.8) is 0 Å². The predicted octanol–water partition coefficient (Wildman–Crippen LogP) is 3.60. The topological polar surface area (TPSA) is 78.4 Å². The molecule has 3 N–H and O–H groups in total. The number of alkyl halides is 2. The highest BCUT2D eigenvalue weighted by Gasteiger charge is 2.16. The van der Waals surface area contributed by atoms with E-state index in [2.05, 4.69) is 25.3 Å². The van der Waals surface area contributed by atoms with Crippen LogP contribution in [0.5, 0.6) is 11.5 Å². The number of aliphatic hydroxyl groups is 1. The summed E-state index contributed by atoms with van der Waals surface area (Å²) in [6, 6.07) is 4.94. The standard InChI is InChI=1S/C22H36F2N4O3.HI/c1-3-14-30-19-7-6-17(20(15-19)31-21(23)24)16-27-22(25-4-2)26-10-5-11-28-12-8-18(29)9-13-28;/h6-7,15,18,21,29H,3-5,8-14,16H2,1-2H3,(H2,25,26,27);1H. The summed E-state index contributed by atoms with van der Waals surface area (Å²) in [6.45, 7) is 6.02. The lowest BCUT2D eigenvalue weighted by atomic mass is 10.1. The summed E-state index contributed by atoms with van der Waals surface area (Å²) in [5, 5.41) is 16.0. The van der Waals surface area contributed by atoms with Gasteiger partial charge in [0.05, 0.1) is 19.3 Å². The van der Waals surface area contributed by atoms with Gasteiger partial charge in [-0.05, 0) is 51.3 Å². The van der Waals surface area contributed by atoms with Crippen molar-refractivity contribution in [2.45, 2.75) is 58.8 Å². The Bertz CT molecular complexity index is 675. The second-order valence-electron chi connectivity index (χ2n) is 7.54. The smallest absolute Gasteiger partial charge is 0.387 e.